The van der Waals surface area contributed by atoms with Crippen molar-refractivity contribution < 1.29 is 9.53 Å². The van der Waals surface area contributed by atoms with E-state index in [1.54, 1.807) is 25.3 Å². The molecule has 2 rings (SSSR count). The Balaban J connectivity index is 2.44. The number of esters is 1. The average Bonchev–Trinajstić information content (AvgIpc) is 2.88. The summed E-state index contributed by atoms with van der Waals surface area (Å²) in [5.74, 6) is 0.527. The molecule has 2 N–H and O–H groups in total. The van der Waals surface area contributed by atoms with Gasteiger partial charge in [-0.2, -0.15) is 0 Å². The van der Waals surface area contributed by atoms with Crippen LogP contribution in [0.25, 0.3) is 5.69 Å². The third kappa shape index (κ3) is 2.59. The molecule has 100 valence electrons. The number of hydrogen-bond donors (Lipinski definition) is 1. The van der Waals surface area contributed by atoms with E-state index in [1.807, 2.05) is 23.8 Å². The number of carbonyl (C=O) groups is 1. The maximum Gasteiger partial charge on any atom is 0.340 e. The monoisotopic (exact) mass is 259 g/mol. The summed E-state index contributed by atoms with van der Waals surface area (Å²) >= 11 is 0. The number of nitrogens with two attached hydrogens (primary N) is 1. The Labute approximate surface area is 112 Å². The van der Waals surface area contributed by atoms with E-state index in [0.29, 0.717) is 17.9 Å². The molecule has 0 fully saturated rings. The Morgan fingerprint density at radius 3 is 2.89 bits per heavy atom. The van der Waals surface area contributed by atoms with Gasteiger partial charge in [0.1, 0.15) is 5.82 Å². The van der Waals surface area contributed by atoms with Crippen LogP contribution in [0.3, 0.4) is 0 Å². The molecule has 0 atom stereocenters. The third-order valence-electron chi connectivity index (χ3n) is 2.84. The lowest BCUT2D eigenvalue weighted by atomic mass is 10.1. The van der Waals surface area contributed by atoms with Gasteiger partial charge in [-0.15, -0.1) is 0 Å². The van der Waals surface area contributed by atoms with Gasteiger partial charge in [-0.25, -0.2) is 9.78 Å². The first-order chi connectivity index (χ1) is 9.17. The van der Waals surface area contributed by atoms with Crippen molar-refractivity contribution in [3.8, 4) is 5.69 Å². The first kappa shape index (κ1) is 13.1. The zero-order valence-electron chi connectivity index (χ0n) is 11.1. The summed E-state index contributed by atoms with van der Waals surface area (Å²) < 4.78 is 6.93. The van der Waals surface area contributed by atoms with E-state index in [1.165, 1.54) is 0 Å². The lowest BCUT2D eigenvalue weighted by Crippen LogP contribution is -2.09. The molecule has 5 nitrogen and oxygen atoms in total. The second-order valence-corrected chi connectivity index (χ2v) is 4.06. The molecule has 0 unspecified atom stereocenters. The van der Waals surface area contributed by atoms with Crippen molar-refractivity contribution in [1.82, 2.24) is 9.55 Å². The molecule has 0 radical (unpaired) electrons. The van der Waals surface area contributed by atoms with E-state index in [4.69, 9.17) is 10.5 Å². The molecule has 5 heteroatoms. The SMILES string of the molecule is CCOC(=O)c1cc(-n2ccnc2CC)ccc1N. The van der Waals surface area contributed by atoms with Gasteiger partial charge in [-0.05, 0) is 25.1 Å². The Bertz CT molecular complexity index is 590. The lowest BCUT2D eigenvalue weighted by Gasteiger charge is -2.10. The van der Waals surface area contributed by atoms with Gasteiger partial charge in [-0.3, -0.25) is 0 Å². The fourth-order valence-electron chi connectivity index (χ4n) is 1.91. The zero-order chi connectivity index (χ0) is 13.8. The normalized spacial score (nSPS) is 10.4. The summed E-state index contributed by atoms with van der Waals surface area (Å²) in [6.07, 6.45) is 4.41. The van der Waals surface area contributed by atoms with Crippen molar-refractivity contribution >= 4 is 11.7 Å². The van der Waals surface area contributed by atoms with E-state index in [9.17, 15) is 4.79 Å². The van der Waals surface area contributed by atoms with Crippen molar-refractivity contribution in [3.05, 3.63) is 42.0 Å². The van der Waals surface area contributed by atoms with Crippen molar-refractivity contribution in [1.29, 1.82) is 0 Å². The van der Waals surface area contributed by atoms with E-state index in [-0.39, 0.29) is 0 Å². The van der Waals surface area contributed by atoms with E-state index >= 15 is 0 Å². The minimum Gasteiger partial charge on any atom is -0.462 e. The molecular weight excluding hydrogens is 242 g/mol. The molecule has 0 saturated carbocycles. The topological polar surface area (TPSA) is 70.1 Å². The number of anilines is 1. The summed E-state index contributed by atoms with van der Waals surface area (Å²) in [6, 6.07) is 5.30. The van der Waals surface area contributed by atoms with Gasteiger partial charge < -0.3 is 15.0 Å². The van der Waals surface area contributed by atoms with Crippen LogP contribution in [0, 0.1) is 0 Å². The molecule has 0 aliphatic rings. The van der Waals surface area contributed by atoms with Gasteiger partial charge in [0.2, 0.25) is 0 Å². The maximum absolute atomic E-state index is 11.8. The Morgan fingerprint density at radius 2 is 2.21 bits per heavy atom. The molecular formula is C14H17N3O2. The molecule has 1 aromatic heterocycles. The fourth-order valence-corrected chi connectivity index (χ4v) is 1.91. The number of imidazole rings is 1. The van der Waals surface area contributed by atoms with E-state index < -0.39 is 5.97 Å². The number of benzene rings is 1. The average molecular weight is 259 g/mol. The van der Waals surface area contributed by atoms with E-state index in [0.717, 1.165) is 17.9 Å². The first-order valence-corrected chi connectivity index (χ1v) is 6.26. The number of aromatic nitrogens is 2. The van der Waals surface area contributed by atoms with Crippen molar-refractivity contribution in [3.63, 3.8) is 0 Å². The third-order valence-corrected chi connectivity index (χ3v) is 2.84. The molecule has 2 aromatic rings. The molecule has 0 amide bonds. The van der Waals surface area contributed by atoms with Gasteiger partial charge in [0.25, 0.3) is 0 Å². The van der Waals surface area contributed by atoms with E-state index in [2.05, 4.69) is 4.98 Å². The number of nitrogen functional groups attached to an aromatic ring is 1. The summed E-state index contributed by atoms with van der Waals surface area (Å²) in [5.41, 5.74) is 7.47. The smallest absolute Gasteiger partial charge is 0.340 e. The number of carbonyl (C=O) groups excluding carboxylic acids is 1. The molecule has 0 bridgehead atoms. The molecule has 1 heterocycles. The quantitative estimate of drug-likeness (QED) is 0.675. The Kier molecular flexibility index (Phi) is 3.85. The standard InChI is InChI=1S/C14H17N3O2/c1-3-13-16-7-8-17(13)10-5-6-12(15)11(9-10)14(18)19-4-2/h5-9H,3-4,15H2,1-2H3. The fraction of sp³-hybridized carbons (Fsp3) is 0.286. The summed E-state index contributed by atoms with van der Waals surface area (Å²) in [7, 11) is 0. The van der Waals surface area contributed by atoms with Crippen molar-refractivity contribution in [2.75, 3.05) is 12.3 Å². The molecule has 0 saturated heterocycles. The second-order valence-electron chi connectivity index (χ2n) is 4.06. The second kappa shape index (κ2) is 5.56. The molecule has 19 heavy (non-hydrogen) atoms. The molecule has 0 spiro atoms. The highest BCUT2D eigenvalue weighted by Gasteiger charge is 2.13. The minimum absolute atomic E-state index is 0.327. The minimum atomic E-state index is -0.403. The highest BCUT2D eigenvalue weighted by atomic mass is 16.5. The van der Waals surface area contributed by atoms with Crippen LogP contribution in [0.15, 0.2) is 30.6 Å². The molecule has 1 aromatic carbocycles. The summed E-state index contributed by atoms with van der Waals surface area (Å²) in [5, 5.41) is 0. The van der Waals surface area contributed by atoms with Gasteiger partial charge >= 0.3 is 5.97 Å². The summed E-state index contributed by atoms with van der Waals surface area (Å²) in [6.45, 7) is 4.12. The van der Waals surface area contributed by atoms with Gasteiger partial charge in [0.15, 0.2) is 0 Å². The molecule has 0 aliphatic heterocycles. The van der Waals surface area contributed by atoms with Crippen molar-refractivity contribution in [2.45, 2.75) is 20.3 Å². The highest BCUT2D eigenvalue weighted by Crippen LogP contribution is 2.19. The maximum atomic E-state index is 11.8. The zero-order valence-corrected chi connectivity index (χ0v) is 11.1. The number of hydrogen-bond acceptors (Lipinski definition) is 4. The van der Waals surface area contributed by atoms with Crippen LogP contribution >= 0.6 is 0 Å². The van der Waals surface area contributed by atoms with Crippen LogP contribution in [-0.2, 0) is 11.2 Å². The van der Waals surface area contributed by atoms with Crippen LogP contribution in [0.4, 0.5) is 5.69 Å². The number of ether oxygens (including phenoxy) is 1. The van der Waals surface area contributed by atoms with Crippen LogP contribution in [0.1, 0.15) is 30.0 Å². The number of aryl methyl sites for hydroxylation is 1. The Hall–Kier alpha value is -2.30. The predicted molar refractivity (Wildman–Crippen MR) is 73.3 cm³/mol. The van der Waals surface area contributed by atoms with Gasteiger partial charge in [-0.1, -0.05) is 6.92 Å². The van der Waals surface area contributed by atoms with Crippen LogP contribution in [-0.4, -0.2) is 22.1 Å². The first-order valence-electron chi connectivity index (χ1n) is 6.26. The number of nitrogens with zero attached hydrogens (tertiary/aromatic N) is 2. The van der Waals surface area contributed by atoms with Crippen molar-refractivity contribution in [2.24, 2.45) is 0 Å². The van der Waals surface area contributed by atoms with Crippen LogP contribution < -0.4 is 5.73 Å². The van der Waals surface area contributed by atoms with Gasteiger partial charge in [0.05, 0.1) is 12.2 Å². The number of rotatable bonds is 4. The largest absolute Gasteiger partial charge is 0.462 e. The van der Waals surface area contributed by atoms with Gasteiger partial charge in [0, 0.05) is 30.2 Å². The molecule has 0 aliphatic carbocycles. The predicted octanol–water partition coefficient (Wildman–Crippen LogP) is 2.19. The highest BCUT2D eigenvalue weighted by molar-refractivity contribution is 5.95. The summed E-state index contributed by atoms with van der Waals surface area (Å²) in [4.78, 5) is 16.1. The van der Waals surface area contributed by atoms with Crippen LogP contribution in [0.5, 0.6) is 0 Å². The lowest BCUT2D eigenvalue weighted by molar-refractivity contribution is 0.0527. The Morgan fingerprint density at radius 1 is 1.42 bits per heavy atom. The van der Waals surface area contributed by atoms with Crippen LogP contribution in [0.2, 0.25) is 0 Å².